The first kappa shape index (κ1) is 9.90. The molecular formula is C14H11NO2. The normalized spacial score (nSPS) is 11.1. The van der Waals surface area contributed by atoms with E-state index in [4.69, 9.17) is 10.2 Å². The predicted molar refractivity (Wildman–Crippen MR) is 67.0 cm³/mol. The molecule has 0 fully saturated rings. The molecule has 1 aromatic heterocycles. The molecule has 2 N–H and O–H groups in total. The van der Waals surface area contributed by atoms with Crippen LogP contribution in [-0.2, 0) is 0 Å². The molecule has 84 valence electrons. The van der Waals surface area contributed by atoms with Gasteiger partial charge in [-0.1, -0.05) is 24.3 Å². The number of aryl methyl sites for hydroxylation is 1. The Morgan fingerprint density at radius 3 is 2.65 bits per heavy atom. The quantitative estimate of drug-likeness (QED) is 0.692. The van der Waals surface area contributed by atoms with E-state index in [0.29, 0.717) is 11.1 Å². The van der Waals surface area contributed by atoms with Gasteiger partial charge in [-0.2, -0.15) is 0 Å². The molecule has 0 radical (unpaired) electrons. The second kappa shape index (κ2) is 3.35. The number of hydrogen-bond donors (Lipinski definition) is 1. The SMILES string of the molecule is Cc1ccc2oc3ccccc3c2c1C(N)=O. The Kier molecular flexibility index (Phi) is 1.95. The summed E-state index contributed by atoms with van der Waals surface area (Å²) in [4.78, 5) is 11.6. The van der Waals surface area contributed by atoms with Crippen molar-refractivity contribution in [3.8, 4) is 0 Å². The molecule has 0 aliphatic rings. The summed E-state index contributed by atoms with van der Waals surface area (Å²) in [5.41, 5.74) is 8.34. The molecule has 3 aromatic rings. The van der Waals surface area contributed by atoms with E-state index < -0.39 is 5.91 Å². The van der Waals surface area contributed by atoms with E-state index in [0.717, 1.165) is 21.9 Å². The summed E-state index contributed by atoms with van der Waals surface area (Å²) >= 11 is 0. The van der Waals surface area contributed by atoms with Crippen LogP contribution in [0.25, 0.3) is 21.9 Å². The fourth-order valence-electron chi connectivity index (χ4n) is 2.24. The van der Waals surface area contributed by atoms with Gasteiger partial charge in [0, 0.05) is 10.8 Å². The van der Waals surface area contributed by atoms with Crippen LogP contribution < -0.4 is 5.73 Å². The molecule has 2 aromatic carbocycles. The Morgan fingerprint density at radius 1 is 1.12 bits per heavy atom. The van der Waals surface area contributed by atoms with Crippen LogP contribution in [0.3, 0.4) is 0 Å². The van der Waals surface area contributed by atoms with Gasteiger partial charge in [-0.3, -0.25) is 4.79 Å². The lowest BCUT2D eigenvalue weighted by molar-refractivity contribution is 0.100. The first-order valence-electron chi connectivity index (χ1n) is 5.39. The smallest absolute Gasteiger partial charge is 0.249 e. The molecule has 0 atom stereocenters. The summed E-state index contributed by atoms with van der Waals surface area (Å²) in [6, 6.07) is 11.4. The van der Waals surface area contributed by atoms with Crippen molar-refractivity contribution in [3.63, 3.8) is 0 Å². The number of amides is 1. The van der Waals surface area contributed by atoms with E-state index in [1.54, 1.807) is 0 Å². The molecule has 0 aliphatic carbocycles. The topological polar surface area (TPSA) is 56.2 Å². The third-order valence-electron chi connectivity index (χ3n) is 3.00. The fourth-order valence-corrected chi connectivity index (χ4v) is 2.24. The highest BCUT2D eigenvalue weighted by atomic mass is 16.3. The van der Waals surface area contributed by atoms with Crippen LogP contribution in [0.1, 0.15) is 15.9 Å². The standard InChI is InChI=1S/C14H11NO2/c1-8-6-7-11-13(12(8)14(15)16)9-4-2-3-5-10(9)17-11/h2-7H,1H3,(H2,15,16). The molecule has 1 heterocycles. The van der Waals surface area contributed by atoms with Gasteiger partial charge in [0.25, 0.3) is 0 Å². The van der Waals surface area contributed by atoms with Gasteiger partial charge in [-0.25, -0.2) is 0 Å². The van der Waals surface area contributed by atoms with Gasteiger partial charge in [0.05, 0.1) is 5.56 Å². The average Bonchev–Trinajstić information content (AvgIpc) is 2.67. The zero-order valence-corrected chi connectivity index (χ0v) is 9.36. The van der Waals surface area contributed by atoms with E-state index in [9.17, 15) is 4.79 Å². The number of rotatable bonds is 1. The summed E-state index contributed by atoms with van der Waals surface area (Å²) in [7, 11) is 0. The highest BCUT2D eigenvalue weighted by Gasteiger charge is 2.15. The van der Waals surface area contributed by atoms with Crippen molar-refractivity contribution < 1.29 is 9.21 Å². The average molecular weight is 225 g/mol. The molecule has 3 heteroatoms. The van der Waals surface area contributed by atoms with E-state index in [1.165, 1.54) is 0 Å². The zero-order valence-electron chi connectivity index (χ0n) is 9.36. The molecule has 3 rings (SSSR count). The maximum Gasteiger partial charge on any atom is 0.249 e. The Bertz CT molecular complexity index is 740. The molecule has 0 spiro atoms. The lowest BCUT2D eigenvalue weighted by Gasteiger charge is -2.02. The Hall–Kier alpha value is -2.29. The van der Waals surface area contributed by atoms with Crippen molar-refractivity contribution in [1.29, 1.82) is 0 Å². The summed E-state index contributed by atoms with van der Waals surface area (Å²) in [6.07, 6.45) is 0. The van der Waals surface area contributed by atoms with Crippen LogP contribution in [0.2, 0.25) is 0 Å². The van der Waals surface area contributed by atoms with Crippen LogP contribution >= 0.6 is 0 Å². The number of primary amides is 1. The maximum absolute atomic E-state index is 11.6. The number of carbonyl (C=O) groups excluding carboxylic acids is 1. The summed E-state index contributed by atoms with van der Waals surface area (Å²) in [5.74, 6) is -0.417. The van der Waals surface area contributed by atoms with Crippen molar-refractivity contribution in [1.82, 2.24) is 0 Å². The Morgan fingerprint density at radius 2 is 1.88 bits per heavy atom. The van der Waals surface area contributed by atoms with Gasteiger partial charge in [0.15, 0.2) is 0 Å². The first-order valence-corrected chi connectivity index (χ1v) is 5.39. The minimum atomic E-state index is -0.417. The number of carbonyl (C=O) groups is 1. The van der Waals surface area contributed by atoms with Crippen LogP contribution in [0.5, 0.6) is 0 Å². The number of hydrogen-bond acceptors (Lipinski definition) is 2. The lowest BCUT2D eigenvalue weighted by Crippen LogP contribution is -2.12. The summed E-state index contributed by atoms with van der Waals surface area (Å²) in [5, 5.41) is 1.74. The molecule has 17 heavy (non-hydrogen) atoms. The number of furan rings is 1. The molecular weight excluding hydrogens is 214 g/mol. The van der Waals surface area contributed by atoms with Gasteiger partial charge in [-0.15, -0.1) is 0 Å². The van der Waals surface area contributed by atoms with Crippen molar-refractivity contribution in [3.05, 3.63) is 47.5 Å². The minimum absolute atomic E-state index is 0.417. The van der Waals surface area contributed by atoms with Crippen molar-refractivity contribution in [2.24, 2.45) is 5.73 Å². The van der Waals surface area contributed by atoms with Gasteiger partial charge < -0.3 is 10.2 Å². The van der Waals surface area contributed by atoms with E-state index in [-0.39, 0.29) is 0 Å². The van der Waals surface area contributed by atoms with Gasteiger partial charge in [-0.05, 0) is 24.6 Å². The third-order valence-corrected chi connectivity index (χ3v) is 3.00. The van der Waals surface area contributed by atoms with Crippen LogP contribution in [-0.4, -0.2) is 5.91 Å². The Balaban J connectivity index is 2.60. The number of benzene rings is 2. The minimum Gasteiger partial charge on any atom is -0.456 e. The lowest BCUT2D eigenvalue weighted by atomic mass is 10.0. The van der Waals surface area contributed by atoms with Gasteiger partial charge in [0.1, 0.15) is 11.2 Å². The zero-order chi connectivity index (χ0) is 12.0. The molecule has 0 bridgehead atoms. The maximum atomic E-state index is 11.6. The van der Waals surface area contributed by atoms with E-state index in [2.05, 4.69) is 0 Å². The highest BCUT2D eigenvalue weighted by Crippen LogP contribution is 2.32. The van der Waals surface area contributed by atoms with Crippen LogP contribution in [0.15, 0.2) is 40.8 Å². The molecule has 0 saturated carbocycles. The fraction of sp³-hybridized carbons (Fsp3) is 0.0714. The molecule has 0 unspecified atom stereocenters. The van der Waals surface area contributed by atoms with Crippen LogP contribution in [0, 0.1) is 6.92 Å². The molecule has 0 aliphatic heterocycles. The van der Waals surface area contributed by atoms with E-state index in [1.807, 2.05) is 43.3 Å². The monoisotopic (exact) mass is 225 g/mol. The second-order valence-corrected chi connectivity index (χ2v) is 4.09. The molecule has 3 nitrogen and oxygen atoms in total. The van der Waals surface area contributed by atoms with Crippen LogP contribution in [0.4, 0.5) is 0 Å². The summed E-state index contributed by atoms with van der Waals surface area (Å²) < 4.78 is 5.69. The first-order chi connectivity index (χ1) is 8.18. The third kappa shape index (κ3) is 1.32. The highest BCUT2D eigenvalue weighted by molar-refractivity contribution is 6.16. The van der Waals surface area contributed by atoms with Gasteiger partial charge in [0.2, 0.25) is 5.91 Å². The number of fused-ring (bicyclic) bond motifs is 3. The van der Waals surface area contributed by atoms with Crippen molar-refractivity contribution in [2.75, 3.05) is 0 Å². The summed E-state index contributed by atoms with van der Waals surface area (Å²) in [6.45, 7) is 1.88. The predicted octanol–water partition coefficient (Wildman–Crippen LogP) is 2.99. The Labute approximate surface area is 97.8 Å². The largest absolute Gasteiger partial charge is 0.456 e. The molecule has 1 amide bonds. The number of nitrogens with two attached hydrogens (primary N) is 1. The van der Waals surface area contributed by atoms with Crippen molar-refractivity contribution >= 4 is 27.8 Å². The van der Waals surface area contributed by atoms with Gasteiger partial charge >= 0.3 is 0 Å². The number of para-hydroxylation sites is 1. The molecule has 0 saturated heterocycles. The second-order valence-electron chi connectivity index (χ2n) is 4.09. The van der Waals surface area contributed by atoms with E-state index >= 15 is 0 Å². The van der Waals surface area contributed by atoms with Crippen molar-refractivity contribution in [2.45, 2.75) is 6.92 Å².